The predicted octanol–water partition coefficient (Wildman–Crippen LogP) is 4.17. The van der Waals surface area contributed by atoms with Crippen molar-refractivity contribution < 1.29 is 4.74 Å². The highest BCUT2D eigenvalue weighted by Gasteiger charge is 2.19. The summed E-state index contributed by atoms with van der Waals surface area (Å²) in [6, 6.07) is 6.44. The lowest BCUT2D eigenvalue weighted by atomic mass is 9.95. The summed E-state index contributed by atoms with van der Waals surface area (Å²) in [6.07, 6.45) is 1.02. The molecular weight excluding hydrogens is 376 g/mol. The van der Waals surface area contributed by atoms with E-state index in [-0.39, 0.29) is 5.41 Å². The maximum atomic E-state index is 6.27. The molecule has 0 radical (unpaired) electrons. The van der Waals surface area contributed by atoms with Gasteiger partial charge in [-0.3, -0.25) is 4.90 Å². The number of thiophene rings is 2. The highest BCUT2D eigenvalue weighted by molar-refractivity contribution is 7.18. The second-order valence-corrected chi connectivity index (χ2v) is 10.2. The molecule has 1 saturated heterocycles. The molecule has 0 bridgehead atoms. The van der Waals surface area contributed by atoms with Gasteiger partial charge in [0.15, 0.2) is 5.82 Å². The Morgan fingerprint density at radius 1 is 1.15 bits per heavy atom. The van der Waals surface area contributed by atoms with Gasteiger partial charge in [-0.2, -0.15) is 0 Å². The van der Waals surface area contributed by atoms with Crippen molar-refractivity contribution in [3.05, 3.63) is 28.0 Å². The first kappa shape index (κ1) is 18.8. The molecule has 1 fully saturated rings. The minimum Gasteiger partial charge on any atom is -0.383 e. The number of nitrogens with zero attached hydrogens (tertiary/aromatic N) is 3. The van der Waals surface area contributed by atoms with Crippen LogP contribution >= 0.6 is 22.7 Å². The Kier molecular flexibility index (Phi) is 5.20. The fourth-order valence-corrected chi connectivity index (χ4v) is 5.20. The lowest BCUT2D eigenvalue weighted by Gasteiger charge is -2.26. The SMILES string of the molecule is CC(C)(C)c1ccc(-c2nc(N)c3cc(CCN4CCOCC4)sc3n2)s1. The molecule has 0 aromatic carbocycles. The van der Waals surface area contributed by atoms with E-state index < -0.39 is 0 Å². The average Bonchev–Trinajstić information content (AvgIpc) is 3.28. The third-order valence-corrected chi connectivity index (χ3v) is 7.41. The second kappa shape index (κ2) is 7.47. The van der Waals surface area contributed by atoms with E-state index in [0.717, 1.165) is 60.2 Å². The van der Waals surface area contributed by atoms with Crippen LogP contribution in [-0.2, 0) is 16.6 Å². The number of ether oxygens (including phenoxy) is 1. The van der Waals surface area contributed by atoms with Gasteiger partial charge >= 0.3 is 0 Å². The number of anilines is 1. The first-order valence-electron chi connectivity index (χ1n) is 9.37. The van der Waals surface area contributed by atoms with Crippen molar-refractivity contribution in [3.63, 3.8) is 0 Å². The van der Waals surface area contributed by atoms with Gasteiger partial charge in [0, 0.05) is 29.4 Å². The van der Waals surface area contributed by atoms with E-state index in [9.17, 15) is 0 Å². The smallest absolute Gasteiger partial charge is 0.173 e. The number of hydrogen-bond donors (Lipinski definition) is 1. The lowest BCUT2D eigenvalue weighted by molar-refractivity contribution is 0.0385. The molecule has 1 aliphatic rings. The Morgan fingerprint density at radius 3 is 2.63 bits per heavy atom. The first-order chi connectivity index (χ1) is 12.9. The summed E-state index contributed by atoms with van der Waals surface area (Å²) in [7, 11) is 0. The maximum Gasteiger partial charge on any atom is 0.173 e. The van der Waals surface area contributed by atoms with Crippen LogP contribution in [0.1, 0.15) is 30.5 Å². The van der Waals surface area contributed by atoms with E-state index in [1.54, 1.807) is 22.7 Å². The molecule has 1 aliphatic heterocycles. The van der Waals surface area contributed by atoms with Gasteiger partial charge in [-0.1, -0.05) is 20.8 Å². The van der Waals surface area contributed by atoms with Crippen molar-refractivity contribution in [1.29, 1.82) is 0 Å². The Bertz CT molecular complexity index is 935. The zero-order valence-corrected chi connectivity index (χ0v) is 17.8. The molecule has 7 heteroatoms. The van der Waals surface area contributed by atoms with Crippen LogP contribution in [0.2, 0.25) is 0 Å². The number of nitrogens with two attached hydrogens (primary N) is 1. The number of fused-ring (bicyclic) bond motifs is 1. The molecule has 0 spiro atoms. The maximum absolute atomic E-state index is 6.27. The minimum absolute atomic E-state index is 0.133. The normalized spacial score (nSPS) is 16.3. The van der Waals surface area contributed by atoms with E-state index in [1.807, 2.05) is 0 Å². The molecule has 4 rings (SSSR count). The van der Waals surface area contributed by atoms with E-state index in [0.29, 0.717) is 5.82 Å². The first-order valence-corrected chi connectivity index (χ1v) is 11.0. The molecule has 3 aromatic heterocycles. The molecule has 0 amide bonds. The molecule has 27 heavy (non-hydrogen) atoms. The molecule has 5 nitrogen and oxygen atoms in total. The topological polar surface area (TPSA) is 64.3 Å². The van der Waals surface area contributed by atoms with E-state index in [4.69, 9.17) is 15.5 Å². The average molecular weight is 403 g/mol. The van der Waals surface area contributed by atoms with Crippen molar-refractivity contribution in [2.45, 2.75) is 32.6 Å². The van der Waals surface area contributed by atoms with Crippen LogP contribution in [0.15, 0.2) is 18.2 Å². The Labute approximate surface area is 168 Å². The molecule has 0 atom stereocenters. The van der Waals surface area contributed by atoms with Gasteiger partial charge in [-0.15, -0.1) is 22.7 Å². The molecular formula is C20H26N4OS2. The summed E-state index contributed by atoms with van der Waals surface area (Å²) in [5.41, 5.74) is 6.41. The van der Waals surface area contributed by atoms with E-state index >= 15 is 0 Å². The molecule has 3 aromatic rings. The summed E-state index contributed by atoms with van der Waals surface area (Å²) in [5.74, 6) is 1.32. The van der Waals surface area contributed by atoms with Crippen LogP contribution in [-0.4, -0.2) is 47.7 Å². The second-order valence-electron chi connectivity index (χ2n) is 7.98. The highest BCUT2D eigenvalue weighted by atomic mass is 32.1. The summed E-state index contributed by atoms with van der Waals surface area (Å²) in [4.78, 5) is 16.6. The number of nitrogen functional groups attached to an aromatic ring is 1. The van der Waals surface area contributed by atoms with Gasteiger partial charge in [0.05, 0.1) is 23.5 Å². The fourth-order valence-electron chi connectivity index (χ4n) is 3.18. The number of aromatic nitrogens is 2. The van der Waals surface area contributed by atoms with Gasteiger partial charge in [0.25, 0.3) is 0 Å². The lowest BCUT2D eigenvalue weighted by Crippen LogP contribution is -2.37. The van der Waals surface area contributed by atoms with Crippen LogP contribution in [0, 0.1) is 0 Å². The number of hydrogen-bond acceptors (Lipinski definition) is 7. The number of rotatable bonds is 4. The van der Waals surface area contributed by atoms with Crippen LogP contribution in [0.4, 0.5) is 5.82 Å². The Balaban J connectivity index is 1.56. The summed E-state index contributed by atoms with van der Waals surface area (Å²) < 4.78 is 5.42. The summed E-state index contributed by atoms with van der Waals surface area (Å²) >= 11 is 3.49. The summed E-state index contributed by atoms with van der Waals surface area (Å²) in [6.45, 7) is 11.4. The van der Waals surface area contributed by atoms with Crippen molar-refractivity contribution in [2.75, 3.05) is 38.6 Å². The van der Waals surface area contributed by atoms with Crippen LogP contribution in [0.3, 0.4) is 0 Å². The monoisotopic (exact) mass is 402 g/mol. The largest absolute Gasteiger partial charge is 0.383 e. The molecule has 0 aliphatic carbocycles. The van der Waals surface area contributed by atoms with E-state index in [2.05, 4.69) is 48.9 Å². The Hall–Kier alpha value is -1.54. The quantitative estimate of drug-likeness (QED) is 0.709. The van der Waals surface area contributed by atoms with Gasteiger partial charge < -0.3 is 10.5 Å². The minimum atomic E-state index is 0.133. The third kappa shape index (κ3) is 4.16. The fraction of sp³-hybridized carbons (Fsp3) is 0.500. The molecule has 4 heterocycles. The van der Waals surface area contributed by atoms with Crippen molar-refractivity contribution in [3.8, 4) is 10.7 Å². The standard InChI is InChI=1S/C20H26N4OS2/c1-20(2,3)16-5-4-15(27-16)18-22-17(21)14-12-13(26-19(14)23-18)6-7-24-8-10-25-11-9-24/h4-5,12H,6-11H2,1-3H3,(H2,21,22,23). The molecule has 144 valence electrons. The summed E-state index contributed by atoms with van der Waals surface area (Å²) in [5, 5.41) is 0.980. The zero-order valence-electron chi connectivity index (χ0n) is 16.1. The van der Waals surface area contributed by atoms with Crippen LogP contribution < -0.4 is 5.73 Å². The Morgan fingerprint density at radius 2 is 1.93 bits per heavy atom. The van der Waals surface area contributed by atoms with Crippen molar-refractivity contribution >= 4 is 38.7 Å². The molecule has 0 saturated carbocycles. The van der Waals surface area contributed by atoms with Gasteiger partial charge in [-0.05, 0) is 30.0 Å². The van der Waals surface area contributed by atoms with Crippen LogP contribution in [0.25, 0.3) is 20.9 Å². The van der Waals surface area contributed by atoms with E-state index in [1.165, 1.54) is 9.75 Å². The molecule has 2 N–H and O–H groups in total. The van der Waals surface area contributed by atoms with Crippen LogP contribution in [0.5, 0.6) is 0 Å². The van der Waals surface area contributed by atoms with Gasteiger partial charge in [-0.25, -0.2) is 9.97 Å². The van der Waals surface area contributed by atoms with Gasteiger partial charge in [0.1, 0.15) is 10.6 Å². The van der Waals surface area contributed by atoms with Crippen molar-refractivity contribution in [2.24, 2.45) is 0 Å². The van der Waals surface area contributed by atoms with Gasteiger partial charge in [0.2, 0.25) is 0 Å². The zero-order chi connectivity index (χ0) is 19.0. The third-order valence-electron chi connectivity index (χ3n) is 4.82. The molecule has 0 unspecified atom stereocenters. The van der Waals surface area contributed by atoms with Crippen molar-refractivity contribution in [1.82, 2.24) is 14.9 Å². The predicted molar refractivity (Wildman–Crippen MR) is 115 cm³/mol. The number of morpholine rings is 1. The highest BCUT2D eigenvalue weighted by Crippen LogP contribution is 2.36.